The molecule has 1 fully saturated rings. The Hall–Kier alpha value is -2.02. The van der Waals surface area contributed by atoms with E-state index >= 15 is 0 Å². The number of carbonyl (C=O) groups is 1. The smallest absolute Gasteiger partial charge is 0.225 e. The second-order valence-electron chi connectivity index (χ2n) is 4.54. The van der Waals surface area contributed by atoms with Gasteiger partial charge in [-0.3, -0.25) is 4.79 Å². The van der Waals surface area contributed by atoms with Crippen LogP contribution in [0.2, 0.25) is 0 Å². The van der Waals surface area contributed by atoms with Gasteiger partial charge in [-0.2, -0.15) is 5.26 Å². The Morgan fingerprint density at radius 1 is 1.61 bits per heavy atom. The van der Waals surface area contributed by atoms with Crippen LogP contribution in [0.15, 0.2) is 24.3 Å². The van der Waals surface area contributed by atoms with Crippen molar-refractivity contribution in [3.05, 3.63) is 29.8 Å². The number of hydrogen-bond donors (Lipinski definition) is 1. The van der Waals surface area contributed by atoms with Gasteiger partial charge in [0.2, 0.25) is 5.91 Å². The molecule has 1 amide bonds. The molecule has 0 radical (unpaired) electrons. The Kier molecular flexibility index (Phi) is 3.83. The normalized spacial score (nSPS) is 15.6. The van der Waals surface area contributed by atoms with Gasteiger partial charge in [-0.15, -0.1) is 0 Å². The zero-order valence-corrected chi connectivity index (χ0v) is 10.3. The van der Waals surface area contributed by atoms with Crippen LogP contribution in [0.5, 0.6) is 5.75 Å². The molecule has 4 heteroatoms. The first-order valence-electron chi connectivity index (χ1n) is 6.05. The predicted molar refractivity (Wildman–Crippen MR) is 67.0 cm³/mol. The third-order valence-electron chi connectivity index (χ3n) is 3.05. The van der Waals surface area contributed by atoms with Crippen LogP contribution in [-0.2, 0) is 11.2 Å². The third-order valence-corrected chi connectivity index (χ3v) is 3.05. The van der Waals surface area contributed by atoms with Crippen LogP contribution >= 0.6 is 0 Å². The quantitative estimate of drug-likeness (QED) is 0.856. The standard InChI is InChI=1S/C14H16N2O2/c1-18-12-4-2-3-10(7-12)8-14(17)16-13(9-15)11-5-6-11/h2-4,7,11,13H,5-6,8H2,1H3,(H,16,17). The maximum absolute atomic E-state index is 11.8. The highest BCUT2D eigenvalue weighted by Gasteiger charge is 2.32. The Morgan fingerprint density at radius 3 is 3.00 bits per heavy atom. The van der Waals surface area contributed by atoms with Crippen LogP contribution in [0.3, 0.4) is 0 Å². The molecular weight excluding hydrogens is 228 g/mol. The number of methoxy groups -OCH3 is 1. The van der Waals surface area contributed by atoms with Gasteiger partial charge >= 0.3 is 0 Å². The first kappa shape index (κ1) is 12.4. The van der Waals surface area contributed by atoms with E-state index in [1.165, 1.54) is 0 Å². The summed E-state index contributed by atoms with van der Waals surface area (Å²) in [5.74, 6) is 0.977. The van der Waals surface area contributed by atoms with Gasteiger partial charge in [0.1, 0.15) is 11.8 Å². The summed E-state index contributed by atoms with van der Waals surface area (Å²) in [6.07, 6.45) is 2.36. The van der Waals surface area contributed by atoms with Crippen molar-refractivity contribution >= 4 is 5.91 Å². The molecule has 2 rings (SSSR count). The van der Waals surface area contributed by atoms with E-state index in [9.17, 15) is 4.79 Å². The first-order chi connectivity index (χ1) is 8.72. The van der Waals surface area contributed by atoms with Gasteiger partial charge in [-0.25, -0.2) is 0 Å². The summed E-state index contributed by atoms with van der Waals surface area (Å²) < 4.78 is 5.10. The van der Waals surface area contributed by atoms with E-state index < -0.39 is 0 Å². The van der Waals surface area contributed by atoms with Crippen molar-refractivity contribution in [2.24, 2.45) is 5.92 Å². The number of nitriles is 1. The summed E-state index contributed by atoms with van der Waals surface area (Å²) in [4.78, 5) is 11.8. The van der Waals surface area contributed by atoms with Crippen molar-refractivity contribution in [1.82, 2.24) is 5.32 Å². The molecule has 1 saturated carbocycles. The van der Waals surface area contributed by atoms with Crippen molar-refractivity contribution in [1.29, 1.82) is 5.26 Å². The van der Waals surface area contributed by atoms with Gasteiger partial charge in [0.25, 0.3) is 0 Å². The van der Waals surface area contributed by atoms with E-state index in [1.807, 2.05) is 24.3 Å². The fraction of sp³-hybridized carbons (Fsp3) is 0.429. The number of nitrogens with one attached hydrogen (secondary N) is 1. The molecule has 4 nitrogen and oxygen atoms in total. The second-order valence-corrected chi connectivity index (χ2v) is 4.54. The van der Waals surface area contributed by atoms with Crippen molar-refractivity contribution < 1.29 is 9.53 Å². The fourth-order valence-corrected chi connectivity index (χ4v) is 1.88. The monoisotopic (exact) mass is 244 g/mol. The maximum atomic E-state index is 11.8. The molecule has 18 heavy (non-hydrogen) atoms. The topological polar surface area (TPSA) is 62.1 Å². The number of rotatable bonds is 5. The molecule has 1 aliphatic rings. The highest BCUT2D eigenvalue weighted by molar-refractivity contribution is 5.79. The minimum absolute atomic E-state index is 0.110. The molecular formula is C14H16N2O2. The largest absolute Gasteiger partial charge is 0.497 e. The zero-order valence-electron chi connectivity index (χ0n) is 10.3. The summed E-state index contributed by atoms with van der Waals surface area (Å²) in [7, 11) is 1.60. The molecule has 0 bridgehead atoms. The van der Waals surface area contributed by atoms with Gasteiger partial charge < -0.3 is 10.1 Å². The molecule has 1 N–H and O–H groups in total. The highest BCUT2D eigenvalue weighted by atomic mass is 16.5. The number of benzene rings is 1. The lowest BCUT2D eigenvalue weighted by Crippen LogP contribution is -2.36. The van der Waals surface area contributed by atoms with Crippen LogP contribution in [-0.4, -0.2) is 19.1 Å². The number of amides is 1. The minimum Gasteiger partial charge on any atom is -0.497 e. The lowest BCUT2D eigenvalue weighted by molar-refractivity contribution is -0.120. The molecule has 94 valence electrons. The Bertz CT molecular complexity index is 475. The SMILES string of the molecule is COc1cccc(CC(=O)NC(C#N)C2CC2)c1. The van der Waals surface area contributed by atoms with E-state index in [-0.39, 0.29) is 18.4 Å². The van der Waals surface area contributed by atoms with Crippen molar-refractivity contribution in [2.75, 3.05) is 7.11 Å². The van der Waals surface area contributed by atoms with Gasteiger partial charge in [-0.05, 0) is 36.5 Å². The second kappa shape index (κ2) is 5.54. The van der Waals surface area contributed by atoms with Crippen LogP contribution in [0.1, 0.15) is 18.4 Å². The number of carbonyl (C=O) groups excluding carboxylic acids is 1. The Morgan fingerprint density at radius 2 is 2.39 bits per heavy atom. The molecule has 1 atom stereocenters. The Balaban J connectivity index is 1.92. The molecule has 1 unspecified atom stereocenters. The van der Waals surface area contributed by atoms with Gasteiger partial charge in [0.05, 0.1) is 19.6 Å². The summed E-state index contributed by atoms with van der Waals surface area (Å²) in [5, 5.41) is 11.7. The molecule has 1 aliphatic carbocycles. The number of ether oxygens (including phenoxy) is 1. The minimum atomic E-state index is -0.330. The summed E-state index contributed by atoms with van der Waals surface area (Å²) in [5.41, 5.74) is 0.888. The average Bonchev–Trinajstić information content (AvgIpc) is 3.20. The summed E-state index contributed by atoms with van der Waals surface area (Å²) in [6, 6.07) is 9.21. The Labute approximate surface area is 107 Å². The molecule has 0 aromatic heterocycles. The lowest BCUT2D eigenvalue weighted by atomic mass is 10.1. The van der Waals surface area contributed by atoms with Gasteiger partial charge in [0, 0.05) is 0 Å². The molecule has 0 saturated heterocycles. The number of hydrogen-bond acceptors (Lipinski definition) is 3. The fourth-order valence-electron chi connectivity index (χ4n) is 1.88. The number of nitrogens with zero attached hydrogens (tertiary/aromatic N) is 1. The predicted octanol–water partition coefficient (Wildman–Crippen LogP) is 1.66. The molecule has 0 heterocycles. The van der Waals surface area contributed by atoms with E-state index in [0.29, 0.717) is 5.92 Å². The summed E-state index contributed by atoms with van der Waals surface area (Å²) >= 11 is 0. The van der Waals surface area contributed by atoms with Crippen LogP contribution in [0.4, 0.5) is 0 Å². The van der Waals surface area contributed by atoms with E-state index in [0.717, 1.165) is 24.2 Å². The van der Waals surface area contributed by atoms with Crippen molar-refractivity contribution in [3.8, 4) is 11.8 Å². The third kappa shape index (κ3) is 3.24. The highest BCUT2D eigenvalue weighted by Crippen LogP contribution is 2.32. The molecule has 1 aromatic carbocycles. The van der Waals surface area contributed by atoms with Crippen molar-refractivity contribution in [2.45, 2.75) is 25.3 Å². The molecule has 0 spiro atoms. The van der Waals surface area contributed by atoms with Gasteiger partial charge in [-0.1, -0.05) is 12.1 Å². The average molecular weight is 244 g/mol. The van der Waals surface area contributed by atoms with E-state index in [4.69, 9.17) is 10.00 Å². The van der Waals surface area contributed by atoms with Gasteiger partial charge in [0.15, 0.2) is 0 Å². The van der Waals surface area contributed by atoms with Crippen molar-refractivity contribution in [3.63, 3.8) is 0 Å². The first-order valence-corrected chi connectivity index (χ1v) is 6.05. The zero-order chi connectivity index (χ0) is 13.0. The van der Waals surface area contributed by atoms with E-state index in [2.05, 4.69) is 11.4 Å². The van der Waals surface area contributed by atoms with Crippen LogP contribution < -0.4 is 10.1 Å². The summed E-state index contributed by atoms with van der Waals surface area (Å²) in [6.45, 7) is 0. The van der Waals surface area contributed by atoms with Crippen LogP contribution in [0, 0.1) is 17.2 Å². The van der Waals surface area contributed by atoms with E-state index in [1.54, 1.807) is 7.11 Å². The molecule has 1 aromatic rings. The maximum Gasteiger partial charge on any atom is 0.225 e. The molecule has 0 aliphatic heterocycles. The van der Waals surface area contributed by atoms with Crippen LogP contribution in [0.25, 0.3) is 0 Å². The lowest BCUT2D eigenvalue weighted by Gasteiger charge is -2.10.